The molecule has 3 N–H and O–H groups in total. The lowest BCUT2D eigenvalue weighted by Gasteiger charge is -2.15. The highest BCUT2D eigenvalue weighted by Crippen LogP contribution is 2.31. The number of carbonyl (C=O) groups excluding carboxylic acids is 1. The van der Waals surface area contributed by atoms with Gasteiger partial charge in [-0.2, -0.15) is 13.2 Å². The highest BCUT2D eigenvalue weighted by Gasteiger charge is 2.36. The summed E-state index contributed by atoms with van der Waals surface area (Å²) in [6.07, 6.45) is -3.96. The minimum atomic E-state index is -4.76. The highest BCUT2D eigenvalue weighted by atomic mass is 19.4. The van der Waals surface area contributed by atoms with Gasteiger partial charge in [0.05, 0.1) is 11.1 Å². The summed E-state index contributed by atoms with van der Waals surface area (Å²) < 4.78 is 38.9. The van der Waals surface area contributed by atoms with E-state index in [0.29, 0.717) is 6.07 Å². The third-order valence-corrected chi connectivity index (χ3v) is 3.20. The molecule has 1 amide bonds. The van der Waals surface area contributed by atoms with E-state index in [4.69, 9.17) is 10.0 Å². The Morgan fingerprint density at radius 1 is 1.38 bits per heavy atom. The molecule has 0 aliphatic rings. The van der Waals surface area contributed by atoms with Gasteiger partial charge in [-0.15, -0.1) is 0 Å². The summed E-state index contributed by atoms with van der Waals surface area (Å²) in [6.45, 7) is 4.06. The first kappa shape index (κ1) is 17.5. The molecule has 0 bridgehead atoms. The van der Waals surface area contributed by atoms with Crippen LogP contribution in [0.3, 0.4) is 0 Å². The van der Waals surface area contributed by atoms with E-state index in [9.17, 15) is 18.0 Å². The van der Waals surface area contributed by atoms with E-state index in [1.54, 1.807) is 0 Å². The van der Waals surface area contributed by atoms with Gasteiger partial charge >= 0.3 is 13.3 Å². The predicted molar refractivity (Wildman–Crippen MR) is 73.1 cm³/mol. The summed E-state index contributed by atoms with van der Waals surface area (Å²) in [5.74, 6) is -0.677. The quantitative estimate of drug-likeness (QED) is 0.715. The van der Waals surface area contributed by atoms with E-state index in [2.05, 4.69) is 5.32 Å². The fraction of sp³-hybridized carbons (Fsp3) is 0.462. The predicted octanol–water partition coefficient (Wildman–Crippen LogP) is 1.16. The van der Waals surface area contributed by atoms with Gasteiger partial charge in [0.25, 0.3) is 5.91 Å². The summed E-state index contributed by atoms with van der Waals surface area (Å²) in [4.78, 5) is 11.9. The molecule has 0 heterocycles. The van der Waals surface area contributed by atoms with Crippen molar-refractivity contribution in [2.75, 3.05) is 6.54 Å². The van der Waals surface area contributed by atoms with Gasteiger partial charge in [0.2, 0.25) is 0 Å². The maximum absolute atomic E-state index is 13.0. The number of halogens is 3. The van der Waals surface area contributed by atoms with Gasteiger partial charge in [-0.1, -0.05) is 26.3 Å². The number of carbonyl (C=O) groups is 1. The topological polar surface area (TPSA) is 69.6 Å². The molecule has 0 aromatic heterocycles. The number of rotatable bonds is 5. The Morgan fingerprint density at radius 3 is 2.48 bits per heavy atom. The number of hydrogen-bond acceptors (Lipinski definition) is 3. The second-order valence-electron chi connectivity index (χ2n) is 4.90. The Kier molecular flexibility index (Phi) is 5.80. The molecule has 0 fully saturated rings. The lowest BCUT2D eigenvalue weighted by atomic mass is 9.78. The minimum Gasteiger partial charge on any atom is -0.423 e. The van der Waals surface area contributed by atoms with Crippen LogP contribution in [0.4, 0.5) is 13.2 Å². The van der Waals surface area contributed by atoms with Gasteiger partial charge in [-0.25, -0.2) is 0 Å². The van der Waals surface area contributed by atoms with Crippen molar-refractivity contribution in [2.45, 2.75) is 26.4 Å². The van der Waals surface area contributed by atoms with E-state index >= 15 is 0 Å². The molecule has 0 spiro atoms. The first-order chi connectivity index (χ1) is 9.66. The zero-order chi connectivity index (χ0) is 16.2. The third kappa shape index (κ3) is 4.75. The molecule has 1 aromatic carbocycles. The van der Waals surface area contributed by atoms with Gasteiger partial charge in [0.1, 0.15) is 0 Å². The van der Waals surface area contributed by atoms with Crippen molar-refractivity contribution >= 4 is 18.5 Å². The van der Waals surface area contributed by atoms with Gasteiger partial charge in [-0.05, 0) is 23.5 Å². The minimum absolute atomic E-state index is 0.154. The van der Waals surface area contributed by atoms with Crippen LogP contribution in [0, 0.1) is 5.92 Å². The molecule has 1 rings (SSSR count). The van der Waals surface area contributed by atoms with Crippen LogP contribution in [0.25, 0.3) is 0 Å². The molecule has 0 saturated heterocycles. The van der Waals surface area contributed by atoms with Crippen molar-refractivity contribution in [3.63, 3.8) is 0 Å². The zero-order valence-corrected chi connectivity index (χ0v) is 11.7. The van der Waals surface area contributed by atoms with Gasteiger partial charge in [0, 0.05) is 6.54 Å². The van der Waals surface area contributed by atoms with Crippen LogP contribution in [-0.4, -0.2) is 29.6 Å². The fourth-order valence-corrected chi connectivity index (χ4v) is 1.66. The number of benzene rings is 1. The number of amides is 1. The van der Waals surface area contributed by atoms with Crippen LogP contribution in [0.15, 0.2) is 18.2 Å². The Morgan fingerprint density at radius 2 is 2.00 bits per heavy atom. The fourth-order valence-electron chi connectivity index (χ4n) is 1.66. The second-order valence-corrected chi connectivity index (χ2v) is 4.90. The van der Waals surface area contributed by atoms with Crippen molar-refractivity contribution in [3.8, 4) is 0 Å². The van der Waals surface area contributed by atoms with Crippen LogP contribution in [0.5, 0.6) is 0 Å². The molecule has 1 atom stereocenters. The maximum Gasteiger partial charge on any atom is 0.488 e. The van der Waals surface area contributed by atoms with Crippen LogP contribution < -0.4 is 10.8 Å². The summed E-state index contributed by atoms with van der Waals surface area (Å²) >= 11 is 0. The lowest BCUT2D eigenvalue weighted by Crippen LogP contribution is -2.34. The SMILES string of the molecule is CCC(C)CNC(=O)c1ccc(B(O)O)cc1C(F)(F)F. The van der Waals surface area contributed by atoms with Crippen LogP contribution in [-0.2, 0) is 6.18 Å². The Labute approximate surface area is 121 Å². The Bertz CT molecular complexity index is 506. The van der Waals surface area contributed by atoms with Crippen LogP contribution in [0.2, 0.25) is 0 Å². The molecule has 0 aliphatic heterocycles. The van der Waals surface area contributed by atoms with Crippen molar-refractivity contribution in [1.29, 1.82) is 0 Å². The van der Waals surface area contributed by atoms with Crippen molar-refractivity contribution in [3.05, 3.63) is 29.3 Å². The first-order valence-electron chi connectivity index (χ1n) is 6.52. The smallest absolute Gasteiger partial charge is 0.423 e. The summed E-state index contributed by atoms with van der Waals surface area (Å²) in [5.41, 5.74) is -2.04. The average Bonchev–Trinajstić information content (AvgIpc) is 2.42. The van der Waals surface area contributed by atoms with E-state index in [1.807, 2.05) is 13.8 Å². The monoisotopic (exact) mass is 303 g/mol. The molecule has 21 heavy (non-hydrogen) atoms. The molecule has 0 radical (unpaired) electrons. The zero-order valence-electron chi connectivity index (χ0n) is 11.7. The van der Waals surface area contributed by atoms with Crippen molar-refractivity contribution in [2.24, 2.45) is 5.92 Å². The van der Waals surface area contributed by atoms with Gasteiger partial charge in [0.15, 0.2) is 0 Å². The Balaban J connectivity index is 3.08. The van der Waals surface area contributed by atoms with Crippen molar-refractivity contribution < 1.29 is 28.0 Å². The molecule has 4 nitrogen and oxygen atoms in total. The van der Waals surface area contributed by atoms with E-state index in [0.717, 1.165) is 18.6 Å². The standard InChI is InChI=1S/C13H17BF3NO3/c1-3-8(2)7-18-12(19)10-5-4-9(14(20)21)6-11(10)13(15,16)17/h4-6,8,20-21H,3,7H2,1-2H3,(H,18,19). The molecule has 0 saturated carbocycles. The van der Waals surface area contributed by atoms with Crippen LogP contribution >= 0.6 is 0 Å². The number of hydrogen-bond donors (Lipinski definition) is 3. The normalized spacial score (nSPS) is 12.9. The van der Waals surface area contributed by atoms with E-state index in [1.165, 1.54) is 0 Å². The summed E-state index contributed by atoms with van der Waals surface area (Å²) in [7, 11) is -2.02. The largest absolute Gasteiger partial charge is 0.488 e. The molecule has 0 aliphatic carbocycles. The van der Waals surface area contributed by atoms with Crippen LogP contribution in [0.1, 0.15) is 36.2 Å². The lowest BCUT2D eigenvalue weighted by molar-refractivity contribution is -0.137. The highest BCUT2D eigenvalue weighted by molar-refractivity contribution is 6.58. The van der Waals surface area contributed by atoms with E-state index < -0.39 is 30.3 Å². The average molecular weight is 303 g/mol. The van der Waals surface area contributed by atoms with Crippen molar-refractivity contribution in [1.82, 2.24) is 5.32 Å². The second kappa shape index (κ2) is 6.95. The van der Waals surface area contributed by atoms with Gasteiger partial charge < -0.3 is 15.4 Å². The Hall–Kier alpha value is -1.54. The molecular formula is C13H17BF3NO3. The molecule has 8 heteroatoms. The number of alkyl halides is 3. The number of nitrogens with one attached hydrogen (secondary N) is 1. The molecular weight excluding hydrogens is 286 g/mol. The summed E-state index contributed by atoms with van der Waals surface area (Å²) in [5, 5.41) is 20.3. The summed E-state index contributed by atoms with van der Waals surface area (Å²) in [6, 6.07) is 2.60. The maximum atomic E-state index is 13.0. The molecule has 1 unspecified atom stereocenters. The first-order valence-corrected chi connectivity index (χ1v) is 6.52. The van der Waals surface area contributed by atoms with Gasteiger partial charge in [-0.3, -0.25) is 4.79 Å². The molecule has 116 valence electrons. The van der Waals surface area contributed by atoms with E-state index in [-0.39, 0.29) is 17.9 Å². The molecule has 1 aromatic rings. The third-order valence-electron chi connectivity index (χ3n) is 3.20.